The fourth-order valence-electron chi connectivity index (χ4n) is 3.21. The molecule has 0 aromatic heterocycles. The minimum Gasteiger partial charge on any atom is -0.490 e. The Bertz CT molecular complexity index is 770. The predicted molar refractivity (Wildman–Crippen MR) is 110 cm³/mol. The average molecular weight is 370 g/mol. The third-order valence-electron chi connectivity index (χ3n) is 4.52. The smallest absolute Gasteiger partial charge is 0.220 e. The average Bonchev–Trinajstić information content (AvgIpc) is 2.62. The van der Waals surface area contributed by atoms with Crippen LogP contribution in [0.1, 0.15) is 55.5 Å². The first-order chi connectivity index (χ1) is 12.9. The van der Waals surface area contributed by atoms with Crippen molar-refractivity contribution in [2.45, 2.75) is 53.5 Å². The van der Waals surface area contributed by atoms with Crippen LogP contribution in [-0.4, -0.2) is 19.1 Å². The molecule has 1 amide bonds. The highest BCUT2D eigenvalue weighted by Gasteiger charge is 2.13. The van der Waals surface area contributed by atoms with Gasteiger partial charge in [0, 0.05) is 6.42 Å². The van der Waals surface area contributed by atoms with Crippen LogP contribution >= 0.6 is 0 Å². The summed E-state index contributed by atoms with van der Waals surface area (Å²) in [4.78, 5) is 12.4. The van der Waals surface area contributed by atoms with Gasteiger partial charge in [-0.05, 0) is 69.9 Å². The summed E-state index contributed by atoms with van der Waals surface area (Å²) >= 11 is 0. The molecule has 0 saturated heterocycles. The number of hydrogen-bond donors (Lipinski definition) is 1. The van der Waals surface area contributed by atoms with Gasteiger partial charge < -0.3 is 14.8 Å². The van der Waals surface area contributed by atoms with Gasteiger partial charge in [0.05, 0.1) is 19.3 Å². The molecule has 0 heterocycles. The second-order valence-corrected chi connectivity index (χ2v) is 6.80. The van der Waals surface area contributed by atoms with Crippen LogP contribution < -0.4 is 14.8 Å². The van der Waals surface area contributed by atoms with E-state index < -0.39 is 0 Å². The zero-order valence-electron chi connectivity index (χ0n) is 17.1. The van der Waals surface area contributed by atoms with Gasteiger partial charge in [0.25, 0.3) is 0 Å². The molecule has 0 fully saturated rings. The van der Waals surface area contributed by atoms with Crippen molar-refractivity contribution >= 4 is 5.91 Å². The SMILES string of the molecule is CCOc1ccc(CCC(=O)N[C@@H](C)c2ccc(C)cc2C)cc1OCC. The minimum absolute atomic E-state index is 0.00239. The van der Waals surface area contributed by atoms with E-state index in [0.717, 1.165) is 22.6 Å². The molecular formula is C23H31NO3. The molecule has 0 unspecified atom stereocenters. The van der Waals surface area contributed by atoms with Crippen molar-refractivity contribution in [1.29, 1.82) is 0 Å². The number of benzene rings is 2. The molecule has 0 saturated carbocycles. The number of carbonyl (C=O) groups excluding carboxylic acids is 1. The van der Waals surface area contributed by atoms with Crippen LogP contribution in [0.2, 0.25) is 0 Å². The standard InChI is InChI=1S/C23H31NO3/c1-6-26-21-12-9-19(15-22(21)27-7-2)10-13-23(25)24-18(5)20-11-8-16(3)14-17(20)4/h8-9,11-12,14-15,18H,6-7,10,13H2,1-5H3,(H,24,25)/t18-/m0/s1. The molecule has 0 spiro atoms. The number of nitrogens with one attached hydrogen (secondary N) is 1. The Morgan fingerprint density at radius 1 is 1.00 bits per heavy atom. The molecule has 2 rings (SSSR count). The van der Waals surface area contributed by atoms with Crippen molar-refractivity contribution < 1.29 is 14.3 Å². The van der Waals surface area contributed by atoms with E-state index in [1.807, 2.05) is 39.0 Å². The third kappa shape index (κ3) is 6.02. The Morgan fingerprint density at radius 3 is 2.37 bits per heavy atom. The molecule has 4 nitrogen and oxygen atoms in total. The lowest BCUT2D eigenvalue weighted by molar-refractivity contribution is -0.121. The van der Waals surface area contributed by atoms with Gasteiger partial charge >= 0.3 is 0 Å². The second-order valence-electron chi connectivity index (χ2n) is 6.80. The molecule has 0 aliphatic heterocycles. The topological polar surface area (TPSA) is 47.6 Å². The number of rotatable bonds is 9. The molecule has 0 bridgehead atoms. The van der Waals surface area contributed by atoms with E-state index in [1.165, 1.54) is 11.1 Å². The van der Waals surface area contributed by atoms with E-state index >= 15 is 0 Å². The summed E-state index contributed by atoms with van der Waals surface area (Å²) in [6.45, 7) is 11.3. The predicted octanol–water partition coefficient (Wildman–Crippen LogP) is 4.91. The molecule has 0 aliphatic carbocycles. The largest absolute Gasteiger partial charge is 0.490 e. The molecule has 27 heavy (non-hydrogen) atoms. The highest BCUT2D eigenvalue weighted by molar-refractivity contribution is 5.76. The summed E-state index contributed by atoms with van der Waals surface area (Å²) in [5.41, 5.74) is 4.66. The van der Waals surface area contributed by atoms with Crippen molar-refractivity contribution in [2.24, 2.45) is 0 Å². The van der Waals surface area contributed by atoms with Gasteiger partial charge in [-0.3, -0.25) is 4.79 Å². The fourth-order valence-corrected chi connectivity index (χ4v) is 3.21. The van der Waals surface area contributed by atoms with E-state index in [9.17, 15) is 4.79 Å². The van der Waals surface area contributed by atoms with Crippen molar-refractivity contribution in [2.75, 3.05) is 13.2 Å². The number of amides is 1. The summed E-state index contributed by atoms with van der Waals surface area (Å²) in [6, 6.07) is 12.2. The molecule has 2 aromatic rings. The summed E-state index contributed by atoms with van der Waals surface area (Å²) in [5, 5.41) is 3.10. The number of aryl methyl sites for hydroxylation is 3. The zero-order chi connectivity index (χ0) is 19.8. The lowest BCUT2D eigenvalue weighted by atomic mass is 10.00. The van der Waals surface area contributed by atoms with Gasteiger partial charge in [-0.1, -0.05) is 29.8 Å². The van der Waals surface area contributed by atoms with Gasteiger partial charge in [-0.15, -0.1) is 0 Å². The Hall–Kier alpha value is -2.49. The van der Waals surface area contributed by atoms with E-state index in [1.54, 1.807) is 0 Å². The Kier molecular flexibility index (Phi) is 7.71. The maximum atomic E-state index is 12.4. The van der Waals surface area contributed by atoms with Crippen LogP contribution in [-0.2, 0) is 11.2 Å². The first kappa shape index (κ1) is 20.8. The summed E-state index contributed by atoms with van der Waals surface area (Å²) < 4.78 is 11.2. The Balaban J connectivity index is 1.95. The van der Waals surface area contributed by atoms with E-state index in [2.05, 4.69) is 37.4 Å². The number of carbonyl (C=O) groups is 1. The van der Waals surface area contributed by atoms with Gasteiger partial charge in [-0.25, -0.2) is 0 Å². The van der Waals surface area contributed by atoms with Gasteiger partial charge in [-0.2, -0.15) is 0 Å². The molecule has 0 radical (unpaired) electrons. The maximum Gasteiger partial charge on any atom is 0.220 e. The third-order valence-corrected chi connectivity index (χ3v) is 4.52. The lowest BCUT2D eigenvalue weighted by Gasteiger charge is -2.17. The van der Waals surface area contributed by atoms with Crippen molar-refractivity contribution in [3.05, 3.63) is 58.7 Å². The number of hydrogen-bond acceptors (Lipinski definition) is 3. The normalized spacial score (nSPS) is 11.7. The minimum atomic E-state index is -0.00239. The van der Waals surface area contributed by atoms with Crippen LogP contribution in [0.4, 0.5) is 0 Å². The van der Waals surface area contributed by atoms with Gasteiger partial charge in [0.1, 0.15) is 0 Å². The highest BCUT2D eigenvalue weighted by Crippen LogP contribution is 2.29. The van der Waals surface area contributed by atoms with E-state index in [0.29, 0.717) is 26.1 Å². The zero-order valence-corrected chi connectivity index (χ0v) is 17.1. The Labute approximate surface area is 162 Å². The van der Waals surface area contributed by atoms with Crippen LogP contribution in [0.5, 0.6) is 11.5 Å². The Morgan fingerprint density at radius 2 is 1.70 bits per heavy atom. The van der Waals surface area contributed by atoms with Crippen LogP contribution in [0, 0.1) is 13.8 Å². The van der Waals surface area contributed by atoms with Gasteiger partial charge in [0.2, 0.25) is 5.91 Å². The molecule has 1 N–H and O–H groups in total. The van der Waals surface area contributed by atoms with Crippen LogP contribution in [0.25, 0.3) is 0 Å². The lowest BCUT2D eigenvalue weighted by Crippen LogP contribution is -2.27. The summed E-state index contributed by atoms with van der Waals surface area (Å²) in [7, 11) is 0. The molecule has 4 heteroatoms. The monoisotopic (exact) mass is 369 g/mol. The van der Waals surface area contributed by atoms with E-state index in [-0.39, 0.29) is 11.9 Å². The van der Waals surface area contributed by atoms with Crippen LogP contribution in [0.15, 0.2) is 36.4 Å². The van der Waals surface area contributed by atoms with E-state index in [4.69, 9.17) is 9.47 Å². The maximum absolute atomic E-state index is 12.4. The first-order valence-electron chi connectivity index (χ1n) is 9.69. The molecule has 1 atom stereocenters. The van der Waals surface area contributed by atoms with Crippen molar-refractivity contribution in [3.8, 4) is 11.5 Å². The van der Waals surface area contributed by atoms with Crippen molar-refractivity contribution in [1.82, 2.24) is 5.32 Å². The van der Waals surface area contributed by atoms with Gasteiger partial charge in [0.15, 0.2) is 11.5 Å². The highest BCUT2D eigenvalue weighted by atomic mass is 16.5. The fraction of sp³-hybridized carbons (Fsp3) is 0.435. The van der Waals surface area contributed by atoms with Crippen molar-refractivity contribution in [3.63, 3.8) is 0 Å². The molecule has 146 valence electrons. The molecular weight excluding hydrogens is 338 g/mol. The van der Waals surface area contributed by atoms with Crippen LogP contribution in [0.3, 0.4) is 0 Å². The number of ether oxygens (including phenoxy) is 2. The molecule has 2 aromatic carbocycles. The second kappa shape index (κ2) is 10.0. The quantitative estimate of drug-likeness (QED) is 0.683. The summed E-state index contributed by atoms with van der Waals surface area (Å²) in [5.74, 6) is 1.53. The summed E-state index contributed by atoms with van der Waals surface area (Å²) in [6.07, 6.45) is 1.10. The first-order valence-corrected chi connectivity index (χ1v) is 9.69. The molecule has 0 aliphatic rings.